The monoisotopic (exact) mass is 472 g/mol. The molecule has 2 unspecified atom stereocenters. The average molecular weight is 473 g/mol. The normalized spacial score (nSPS) is 19.0. The van der Waals surface area contributed by atoms with Crippen LogP contribution in [0.25, 0.3) is 17.0 Å². The van der Waals surface area contributed by atoms with E-state index in [0.29, 0.717) is 17.9 Å². The van der Waals surface area contributed by atoms with Gasteiger partial charge in [0.25, 0.3) is 0 Å². The van der Waals surface area contributed by atoms with Crippen molar-refractivity contribution < 1.29 is 27.8 Å². The third-order valence-electron chi connectivity index (χ3n) is 6.17. The van der Waals surface area contributed by atoms with Crippen molar-refractivity contribution in [3.05, 3.63) is 70.4 Å². The SMILES string of the molecule is COc1ccc2c3c([nH]c2c1)C(c1c(F)cc(/C=C/C(=O)O)cc1F)N(CC(C)(C)F)C(C)C3. The minimum absolute atomic E-state index is 0.0312. The second-order valence-corrected chi connectivity index (χ2v) is 9.35. The van der Waals surface area contributed by atoms with Gasteiger partial charge in [-0.1, -0.05) is 0 Å². The number of aliphatic carboxylic acids is 1. The van der Waals surface area contributed by atoms with E-state index in [-0.39, 0.29) is 23.7 Å². The molecule has 180 valence electrons. The first-order valence-electron chi connectivity index (χ1n) is 11.0. The highest BCUT2D eigenvalue weighted by Gasteiger charge is 2.40. The fourth-order valence-electron chi connectivity index (χ4n) is 4.79. The zero-order chi connectivity index (χ0) is 24.8. The number of aromatic amines is 1. The van der Waals surface area contributed by atoms with Crippen molar-refractivity contribution in [3.8, 4) is 5.75 Å². The molecule has 0 bridgehead atoms. The van der Waals surface area contributed by atoms with E-state index in [1.54, 1.807) is 12.0 Å². The number of alkyl halides is 1. The molecule has 2 heterocycles. The van der Waals surface area contributed by atoms with Gasteiger partial charge in [0.15, 0.2) is 0 Å². The Hall–Kier alpha value is -3.26. The first kappa shape index (κ1) is 23.9. The highest BCUT2D eigenvalue weighted by Crippen LogP contribution is 2.43. The first-order chi connectivity index (χ1) is 16.0. The van der Waals surface area contributed by atoms with Crippen molar-refractivity contribution in [2.24, 2.45) is 0 Å². The Morgan fingerprint density at radius 3 is 2.53 bits per heavy atom. The maximum absolute atomic E-state index is 15.4. The quantitative estimate of drug-likeness (QED) is 0.456. The van der Waals surface area contributed by atoms with Gasteiger partial charge in [-0.15, -0.1) is 0 Å². The van der Waals surface area contributed by atoms with Crippen LogP contribution in [0.3, 0.4) is 0 Å². The molecule has 2 aromatic carbocycles. The van der Waals surface area contributed by atoms with Gasteiger partial charge in [0.05, 0.1) is 13.2 Å². The van der Waals surface area contributed by atoms with Crippen LogP contribution in [0.2, 0.25) is 0 Å². The number of fused-ring (bicyclic) bond motifs is 3. The Bertz CT molecular complexity index is 1250. The molecule has 1 aliphatic rings. The van der Waals surface area contributed by atoms with Gasteiger partial charge in [-0.25, -0.2) is 18.0 Å². The van der Waals surface area contributed by atoms with Crippen molar-refractivity contribution in [2.75, 3.05) is 13.7 Å². The van der Waals surface area contributed by atoms with E-state index in [4.69, 9.17) is 9.84 Å². The Morgan fingerprint density at radius 1 is 1.26 bits per heavy atom. The summed E-state index contributed by atoms with van der Waals surface area (Å²) in [5.41, 5.74) is 0.585. The van der Waals surface area contributed by atoms with E-state index in [9.17, 15) is 9.18 Å². The van der Waals surface area contributed by atoms with Crippen LogP contribution in [0, 0.1) is 11.6 Å². The number of hydrogen-bond acceptors (Lipinski definition) is 3. The van der Waals surface area contributed by atoms with Gasteiger partial charge in [-0.3, -0.25) is 4.90 Å². The molecule has 0 saturated heterocycles. The van der Waals surface area contributed by atoms with Crippen LogP contribution in [0.5, 0.6) is 5.75 Å². The van der Waals surface area contributed by atoms with Crippen molar-refractivity contribution in [3.63, 3.8) is 0 Å². The smallest absolute Gasteiger partial charge is 0.328 e. The van der Waals surface area contributed by atoms with Gasteiger partial charge in [0.1, 0.15) is 23.1 Å². The lowest BCUT2D eigenvalue weighted by Gasteiger charge is -2.43. The van der Waals surface area contributed by atoms with Crippen molar-refractivity contribution in [1.82, 2.24) is 9.88 Å². The summed E-state index contributed by atoms with van der Waals surface area (Å²) in [7, 11) is 1.56. The summed E-state index contributed by atoms with van der Waals surface area (Å²) in [5, 5.41) is 9.75. The number of carbonyl (C=O) groups is 1. The number of nitrogens with one attached hydrogen (secondary N) is 1. The van der Waals surface area contributed by atoms with Gasteiger partial charge < -0.3 is 14.8 Å². The van der Waals surface area contributed by atoms with E-state index >= 15 is 8.78 Å². The Labute approximate surface area is 195 Å². The number of hydrogen-bond donors (Lipinski definition) is 2. The van der Waals surface area contributed by atoms with E-state index in [0.717, 1.165) is 40.8 Å². The number of halogens is 3. The van der Waals surface area contributed by atoms with E-state index in [2.05, 4.69) is 4.98 Å². The molecule has 0 fully saturated rings. The Balaban J connectivity index is 1.93. The van der Waals surface area contributed by atoms with Crippen LogP contribution in [0.15, 0.2) is 36.4 Å². The topological polar surface area (TPSA) is 65.6 Å². The molecule has 4 rings (SSSR count). The molecule has 0 spiro atoms. The summed E-state index contributed by atoms with van der Waals surface area (Å²) in [5.74, 6) is -2.23. The second kappa shape index (κ2) is 8.83. The Morgan fingerprint density at radius 2 is 1.94 bits per heavy atom. The van der Waals surface area contributed by atoms with Crippen molar-refractivity contribution in [1.29, 1.82) is 0 Å². The predicted octanol–water partition coefficient (Wildman–Crippen LogP) is 5.64. The molecule has 1 aliphatic heterocycles. The molecule has 2 atom stereocenters. The summed E-state index contributed by atoms with van der Waals surface area (Å²) in [6.45, 7) is 4.77. The molecule has 1 aromatic heterocycles. The standard InChI is InChI=1S/C26H27F3N2O3/c1-14-9-18-17-7-6-16(34-4)12-21(17)30-24(18)25(31(14)13-26(2,3)29)23-19(27)10-15(11-20(23)28)5-8-22(32)33/h5-8,10-12,14,25,30H,9,13H2,1-4H3,(H,32,33)/b8-5+. The number of H-pyrrole nitrogens is 1. The van der Waals surface area contributed by atoms with Gasteiger partial charge in [-0.2, -0.15) is 0 Å². The number of benzene rings is 2. The molecule has 2 N–H and O–H groups in total. The molecule has 0 radical (unpaired) electrons. The lowest BCUT2D eigenvalue weighted by molar-refractivity contribution is -0.131. The number of nitrogens with zero attached hydrogens (tertiary/aromatic N) is 1. The van der Waals surface area contributed by atoms with E-state index in [1.807, 2.05) is 25.1 Å². The highest BCUT2D eigenvalue weighted by molar-refractivity contribution is 5.87. The third-order valence-corrected chi connectivity index (χ3v) is 6.17. The largest absolute Gasteiger partial charge is 0.497 e. The summed E-state index contributed by atoms with van der Waals surface area (Å²) >= 11 is 0. The molecule has 3 aromatic rings. The summed E-state index contributed by atoms with van der Waals surface area (Å²) in [6, 6.07) is 6.67. The van der Waals surface area contributed by atoms with Crippen LogP contribution in [-0.4, -0.2) is 46.3 Å². The third kappa shape index (κ3) is 4.55. The van der Waals surface area contributed by atoms with Crippen molar-refractivity contribution in [2.45, 2.75) is 44.9 Å². The van der Waals surface area contributed by atoms with Crippen LogP contribution in [0.1, 0.15) is 49.2 Å². The summed E-state index contributed by atoms with van der Waals surface area (Å²) < 4.78 is 51.0. The lowest BCUT2D eigenvalue weighted by atomic mass is 9.87. The molecule has 0 amide bonds. The minimum Gasteiger partial charge on any atom is -0.497 e. The minimum atomic E-state index is -1.60. The maximum atomic E-state index is 15.4. The molecule has 5 nitrogen and oxygen atoms in total. The Kier molecular flexibility index (Phi) is 6.20. The number of carboxylic acid groups (broad SMARTS) is 1. The maximum Gasteiger partial charge on any atom is 0.328 e. The van der Waals surface area contributed by atoms with Crippen LogP contribution < -0.4 is 4.74 Å². The van der Waals surface area contributed by atoms with Gasteiger partial charge in [-0.05, 0) is 68.7 Å². The summed E-state index contributed by atoms with van der Waals surface area (Å²) in [6.07, 6.45) is 2.53. The zero-order valence-electron chi connectivity index (χ0n) is 19.5. The second-order valence-electron chi connectivity index (χ2n) is 9.35. The van der Waals surface area contributed by atoms with Gasteiger partial charge in [0, 0.05) is 46.9 Å². The van der Waals surface area contributed by atoms with Crippen LogP contribution in [0.4, 0.5) is 13.2 Å². The van der Waals surface area contributed by atoms with Crippen molar-refractivity contribution >= 4 is 22.9 Å². The molecule has 0 saturated carbocycles. The lowest BCUT2D eigenvalue weighted by Crippen LogP contribution is -2.48. The molecular formula is C26H27F3N2O3. The number of methoxy groups -OCH3 is 1. The van der Waals surface area contributed by atoms with Gasteiger partial charge in [0.2, 0.25) is 0 Å². The molecule has 34 heavy (non-hydrogen) atoms. The van der Waals surface area contributed by atoms with E-state index < -0.39 is 29.3 Å². The number of carboxylic acids is 1. The van der Waals surface area contributed by atoms with Crippen LogP contribution in [-0.2, 0) is 11.2 Å². The fraction of sp³-hybridized carbons (Fsp3) is 0.346. The average Bonchev–Trinajstić information content (AvgIpc) is 3.10. The van der Waals surface area contributed by atoms with E-state index in [1.165, 1.54) is 13.8 Å². The molecular weight excluding hydrogens is 445 g/mol. The van der Waals surface area contributed by atoms with Crippen LogP contribution >= 0.6 is 0 Å². The number of rotatable bonds is 6. The summed E-state index contributed by atoms with van der Waals surface area (Å²) in [4.78, 5) is 15.9. The number of aromatic nitrogens is 1. The first-order valence-corrected chi connectivity index (χ1v) is 11.0. The predicted molar refractivity (Wildman–Crippen MR) is 125 cm³/mol. The highest BCUT2D eigenvalue weighted by atomic mass is 19.1. The molecule has 8 heteroatoms. The van der Waals surface area contributed by atoms with Gasteiger partial charge >= 0.3 is 5.97 Å². The zero-order valence-corrected chi connectivity index (χ0v) is 19.5. The fourth-order valence-corrected chi connectivity index (χ4v) is 4.79. The molecule has 0 aliphatic carbocycles. The number of ether oxygens (including phenoxy) is 1.